The van der Waals surface area contributed by atoms with Crippen molar-refractivity contribution in [3.05, 3.63) is 35.5 Å². The highest BCUT2D eigenvalue weighted by molar-refractivity contribution is 6.33. The lowest BCUT2D eigenvalue weighted by Gasteiger charge is -2.30. The van der Waals surface area contributed by atoms with Crippen molar-refractivity contribution in [3.63, 3.8) is 0 Å². The molecule has 5 N–H and O–H groups in total. The number of pyridine rings is 2. The zero-order chi connectivity index (χ0) is 29.9. The van der Waals surface area contributed by atoms with Gasteiger partial charge >= 0.3 is 5.97 Å². The molecule has 2 aromatic rings. The fourth-order valence-electron chi connectivity index (χ4n) is 4.80. The van der Waals surface area contributed by atoms with Gasteiger partial charge in [0.25, 0.3) is 0 Å². The molecule has 10 nitrogen and oxygen atoms in total. The highest BCUT2D eigenvalue weighted by Crippen LogP contribution is 2.31. The van der Waals surface area contributed by atoms with Gasteiger partial charge in [0.2, 0.25) is 0 Å². The fourth-order valence-corrected chi connectivity index (χ4v) is 5.00. The third-order valence-corrected chi connectivity index (χ3v) is 7.83. The molecule has 0 aromatic carbocycles. The van der Waals surface area contributed by atoms with Crippen molar-refractivity contribution < 1.29 is 19.4 Å². The molecule has 0 spiro atoms. The van der Waals surface area contributed by atoms with Gasteiger partial charge in [-0.1, -0.05) is 36.9 Å². The van der Waals surface area contributed by atoms with Crippen molar-refractivity contribution in [1.82, 2.24) is 15.3 Å². The van der Waals surface area contributed by atoms with E-state index in [1.807, 2.05) is 25.1 Å². The minimum absolute atomic E-state index is 0.205. The number of ether oxygens (including phenoxy) is 2. The lowest BCUT2D eigenvalue weighted by Crippen LogP contribution is -2.44. The first kappa shape index (κ1) is 32.5. The number of aromatic nitrogens is 2. The highest BCUT2D eigenvalue weighted by atomic mass is 35.5. The van der Waals surface area contributed by atoms with Gasteiger partial charge in [0.15, 0.2) is 5.60 Å². The molecule has 224 valence electrons. The van der Waals surface area contributed by atoms with E-state index in [0.717, 1.165) is 18.4 Å². The molecule has 0 bridgehead atoms. The van der Waals surface area contributed by atoms with Crippen LogP contribution in [-0.4, -0.2) is 65.1 Å². The van der Waals surface area contributed by atoms with Crippen LogP contribution in [0.15, 0.2) is 30.5 Å². The molecule has 3 heterocycles. The largest absolute Gasteiger partial charge is 0.479 e. The Morgan fingerprint density at radius 3 is 2.68 bits per heavy atom. The molecule has 2 aromatic heterocycles. The van der Waals surface area contributed by atoms with Gasteiger partial charge in [-0.05, 0) is 64.7 Å². The van der Waals surface area contributed by atoms with Crippen molar-refractivity contribution in [2.24, 2.45) is 5.41 Å². The number of rotatable bonds is 10. The number of nitrogens with zero attached hydrogens (tertiary/aromatic N) is 3. The first-order chi connectivity index (χ1) is 19.5. The fraction of sp³-hybridized carbons (Fsp3) is 0.600. The van der Waals surface area contributed by atoms with Crippen molar-refractivity contribution >= 4 is 29.2 Å². The zero-order valence-corrected chi connectivity index (χ0v) is 25.0. The Bertz CT molecular complexity index is 1180. The van der Waals surface area contributed by atoms with E-state index in [0.29, 0.717) is 54.8 Å². The average molecular weight is 587 g/mol. The number of carboxylic acids is 1. The number of hydrogen-bond donors (Lipinski definition) is 4. The van der Waals surface area contributed by atoms with Gasteiger partial charge < -0.3 is 30.9 Å². The number of halogens is 1. The van der Waals surface area contributed by atoms with Crippen LogP contribution in [0.2, 0.25) is 5.02 Å². The maximum Gasteiger partial charge on any atom is 0.335 e. The number of hydrogen-bond acceptors (Lipinski definition) is 9. The van der Waals surface area contributed by atoms with Gasteiger partial charge in [-0.25, -0.2) is 14.8 Å². The van der Waals surface area contributed by atoms with E-state index in [4.69, 9.17) is 31.9 Å². The number of anilines is 2. The van der Waals surface area contributed by atoms with Crippen LogP contribution in [0.4, 0.5) is 11.6 Å². The van der Waals surface area contributed by atoms with Crippen LogP contribution in [0.5, 0.6) is 0 Å². The Labute approximate surface area is 248 Å². The summed E-state index contributed by atoms with van der Waals surface area (Å²) in [6.07, 6.45) is 9.36. The number of carbonyl (C=O) groups is 1. The summed E-state index contributed by atoms with van der Waals surface area (Å²) < 4.78 is 10.8. The predicted octanol–water partition coefficient (Wildman–Crippen LogP) is 5.29. The van der Waals surface area contributed by atoms with Crippen molar-refractivity contribution in [2.45, 2.75) is 83.4 Å². The van der Waals surface area contributed by atoms with Gasteiger partial charge in [0.1, 0.15) is 11.6 Å². The molecule has 2 fully saturated rings. The SMILES string of the molecule is C[C@H](COC(C)(C)C(=O)O)NC1CCCCC1.N#CC1(CNc2cccc(-c3cc(N)ncc3Cl)n2)CCOCC1. The molecule has 1 atom stereocenters. The van der Waals surface area contributed by atoms with Crippen LogP contribution in [0.1, 0.15) is 65.7 Å². The van der Waals surface area contributed by atoms with Crippen LogP contribution in [0.25, 0.3) is 11.3 Å². The smallest absolute Gasteiger partial charge is 0.335 e. The summed E-state index contributed by atoms with van der Waals surface area (Å²) >= 11 is 6.19. The predicted molar refractivity (Wildman–Crippen MR) is 161 cm³/mol. The quantitative estimate of drug-likeness (QED) is 0.288. The van der Waals surface area contributed by atoms with Crippen molar-refractivity contribution in [2.75, 3.05) is 37.4 Å². The minimum Gasteiger partial charge on any atom is -0.479 e. The van der Waals surface area contributed by atoms with Crippen LogP contribution in [0, 0.1) is 16.7 Å². The number of nitriles is 1. The van der Waals surface area contributed by atoms with Crippen LogP contribution >= 0.6 is 11.6 Å². The molecule has 2 aliphatic rings. The Kier molecular flexibility index (Phi) is 12.2. The second kappa shape index (κ2) is 15.3. The van der Waals surface area contributed by atoms with Crippen LogP contribution in [0.3, 0.4) is 0 Å². The summed E-state index contributed by atoms with van der Waals surface area (Å²) in [6.45, 7) is 7.44. The minimum atomic E-state index is -1.09. The van der Waals surface area contributed by atoms with Gasteiger partial charge in [0, 0.05) is 43.6 Å². The number of nitrogens with two attached hydrogens (primary N) is 1. The van der Waals surface area contributed by atoms with Crippen LogP contribution in [-0.2, 0) is 14.3 Å². The number of nitrogens with one attached hydrogen (secondary N) is 2. The molecule has 1 saturated heterocycles. The summed E-state index contributed by atoms with van der Waals surface area (Å²) in [5, 5.41) is 25.7. The molecule has 4 rings (SSSR count). The maximum atomic E-state index is 10.9. The topological polar surface area (TPSA) is 155 Å². The molecular weight excluding hydrogens is 544 g/mol. The molecule has 41 heavy (non-hydrogen) atoms. The summed E-state index contributed by atoms with van der Waals surface area (Å²) in [5.74, 6) is 0.169. The summed E-state index contributed by atoms with van der Waals surface area (Å²) in [5.41, 5.74) is 5.67. The van der Waals surface area contributed by atoms with Crippen LogP contribution < -0.4 is 16.4 Å². The maximum absolute atomic E-state index is 10.9. The van der Waals surface area contributed by atoms with Gasteiger partial charge in [-0.3, -0.25) is 0 Å². The molecule has 0 amide bonds. The van der Waals surface area contributed by atoms with E-state index in [-0.39, 0.29) is 6.04 Å². The monoisotopic (exact) mass is 586 g/mol. The molecule has 1 saturated carbocycles. The lowest BCUT2D eigenvalue weighted by molar-refractivity contribution is -0.161. The number of carboxylic acid groups (broad SMARTS) is 1. The second-order valence-corrected chi connectivity index (χ2v) is 11.8. The molecule has 0 unspecified atom stereocenters. The van der Waals surface area contributed by atoms with E-state index in [9.17, 15) is 10.1 Å². The third-order valence-electron chi connectivity index (χ3n) is 7.53. The standard InChI is InChI=1S/C17H18ClN5O.C13H25NO3/c18-13-9-21-15(20)8-12(13)14-2-1-3-16(23-14)22-11-17(10-19)4-6-24-7-5-17;1-10(9-17-13(2,3)12(15)16)14-11-7-5-4-6-8-11/h1-3,8-9H,4-7,11H2,(H2,20,21)(H,22,23);10-11,14H,4-9H2,1-3H3,(H,15,16)/t;10-/m.1/s1. The highest BCUT2D eigenvalue weighted by Gasteiger charge is 2.32. The Hall–Kier alpha value is -2.97. The van der Waals surface area contributed by atoms with E-state index in [1.165, 1.54) is 38.3 Å². The zero-order valence-electron chi connectivity index (χ0n) is 24.3. The normalized spacial score (nSPS) is 17.9. The Balaban J connectivity index is 0.000000241. The molecule has 1 aliphatic carbocycles. The molecule has 11 heteroatoms. The van der Waals surface area contributed by atoms with E-state index in [1.54, 1.807) is 19.9 Å². The Morgan fingerprint density at radius 2 is 2.02 bits per heavy atom. The van der Waals surface area contributed by atoms with E-state index < -0.39 is 17.0 Å². The number of nitrogen functional groups attached to an aromatic ring is 1. The van der Waals surface area contributed by atoms with Crippen molar-refractivity contribution in [3.8, 4) is 17.3 Å². The number of aliphatic carboxylic acids is 1. The molecular formula is C30H43ClN6O4. The third kappa shape index (κ3) is 10.1. The Morgan fingerprint density at radius 1 is 1.32 bits per heavy atom. The first-order valence-corrected chi connectivity index (χ1v) is 14.7. The van der Waals surface area contributed by atoms with Gasteiger partial charge in [0.05, 0.1) is 28.8 Å². The van der Waals surface area contributed by atoms with E-state index in [2.05, 4.69) is 26.7 Å². The second-order valence-electron chi connectivity index (χ2n) is 11.4. The lowest BCUT2D eigenvalue weighted by atomic mass is 9.82. The van der Waals surface area contributed by atoms with E-state index >= 15 is 0 Å². The van der Waals surface area contributed by atoms with Crippen molar-refractivity contribution in [1.29, 1.82) is 5.26 Å². The first-order valence-electron chi connectivity index (χ1n) is 14.3. The molecule has 0 radical (unpaired) electrons. The molecule has 1 aliphatic heterocycles. The van der Waals surface area contributed by atoms with Gasteiger partial charge in [-0.2, -0.15) is 5.26 Å². The summed E-state index contributed by atoms with van der Waals surface area (Å²) in [4.78, 5) is 19.4. The summed E-state index contributed by atoms with van der Waals surface area (Å²) in [6, 6.07) is 10.5. The average Bonchev–Trinajstić information content (AvgIpc) is 2.98. The van der Waals surface area contributed by atoms with Gasteiger partial charge in [-0.15, -0.1) is 0 Å². The summed E-state index contributed by atoms with van der Waals surface area (Å²) in [7, 11) is 0.